The van der Waals surface area contributed by atoms with E-state index in [0.29, 0.717) is 0 Å². The lowest BCUT2D eigenvalue weighted by Gasteiger charge is -2.35. The maximum atomic E-state index is 5.05. The number of hydrogen-bond donors (Lipinski definition) is 0. The van der Waals surface area contributed by atoms with Crippen molar-refractivity contribution in [3.8, 4) is 0 Å². The molecule has 2 aliphatic rings. The van der Waals surface area contributed by atoms with Gasteiger partial charge in [-0.25, -0.2) is 4.99 Å². The van der Waals surface area contributed by atoms with Crippen LogP contribution < -0.4 is 31.0 Å². The molecule has 0 N–H and O–H groups in total. The first-order valence-electron chi connectivity index (χ1n) is 10.3. The van der Waals surface area contributed by atoms with Gasteiger partial charge in [0, 0.05) is 18.8 Å². The van der Waals surface area contributed by atoms with E-state index in [9.17, 15) is 0 Å². The van der Waals surface area contributed by atoms with Crippen LogP contribution in [0.4, 0.5) is 11.4 Å². The maximum absolute atomic E-state index is 5.05. The van der Waals surface area contributed by atoms with Gasteiger partial charge in [0.2, 0.25) is 0 Å². The van der Waals surface area contributed by atoms with Crippen LogP contribution in [0.25, 0.3) is 6.58 Å². The van der Waals surface area contributed by atoms with Gasteiger partial charge in [0.05, 0.1) is 11.0 Å². The van der Waals surface area contributed by atoms with Gasteiger partial charge in [-0.2, -0.15) is 0 Å². The number of nitrogens with zero attached hydrogens (tertiary/aromatic N) is 2. The standard InChI is InChI=1S/C25H26N2Si/c1-19-11-13-22-24(17-19)28(2,21-9-5-3-6-10-21)25-18-20(12-14-23(25)26-22)27-15-7-4-8-16-27/h3,5-6,9-14,17-18H,1,4,7-8,15-16H2,2H3. The highest BCUT2D eigenvalue weighted by atomic mass is 28.3. The monoisotopic (exact) mass is 382 g/mol. The molecular weight excluding hydrogens is 356 g/mol. The number of anilines is 1. The van der Waals surface area contributed by atoms with Crippen molar-refractivity contribution >= 4 is 41.6 Å². The molecule has 28 heavy (non-hydrogen) atoms. The van der Waals surface area contributed by atoms with E-state index in [1.54, 1.807) is 0 Å². The minimum absolute atomic E-state index is 1.07. The average Bonchev–Trinajstić information content (AvgIpc) is 2.75. The summed E-state index contributed by atoms with van der Waals surface area (Å²) in [5, 5.41) is 6.44. The smallest absolute Gasteiger partial charge is 0.151 e. The van der Waals surface area contributed by atoms with Gasteiger partial charge in [-0.1, -0.05) is 55.6 Å². The Morgan fingerprint density at radius 2 is 1.64 bits per heavy atom. The average molecular weight is 383 g/mol. The van der Waals surface area contributed by atoms with E-state index in [0.717, 1.165) is 16.3 Å². The molecule has 2 heterocycles. The van der Waals surface area contributed by atoms with Crippen LogP contribution in [-0.4, -0.2) is 21.2 Å². The molecule has 0 amide bonds. The Bertz CT molecular complexity index is 1130. The van der Waals surface area contributed by atoms with Crippen LogP contribution in [0.2, 0.25) is 6.55 Å². The maximum Gasteiger partial charge on any atom is 0.151 e. The first-order chi connectivity index (χ1) is 13.7. The quantitative estimate of drug-likeness (QED) is 0.622. The predicted octanol–water partition coefficient (Wildman–Crippen LogP) is 2.45. The van der Waals surface area contributed by atoms with E-state index >= 15 is 0 Å². The number of fused-ring (bicyclic) bond motifs is 2. The zero-order chi connectivity index (χ0) is 19.1. The van der Waals surface area contributed by atoms with E-state index in [4.69, 9.17) is 4.99 Å². The van der Waals surface area contributed by atoms with E-state index in [2.05, 4.69) is 84.8 Å². The normalized spacial score (nSPS) is 20.8. The van der Waals surface area contributed by atoms with Crippen LogP contribution in [0.1, 0.15) is 19.3 Å². The summed E-state index contributed by atoms with van der Waals surface area (Å²) in [6, 6.07) is 24.5. The Kier molecular flexibility index (Phi) is 4.20. The fourth-order valence-corrected chi connectivity index (χ4v) is 8.79. The first-order valence-corrected chi connectivity index (χ1v) is 12.8. The lowest BCUT2D eigenvalue weighted by Crippen LogP contribution is -2.70. The van der Waals surface area contributed by atoms with Gasteiger partial charge in [-0.3, -0.25) is 0 Å². The molecule has 2 aliphatic heterocycles. The highest BCUT2D eigenvalue weighted by Crippen LogP contribution is 2.25. The zero-order valence-corrected chi connectivity index (χ0v) is 17.5. The third-order valence-electron chi connectivity index (χ3n) is 6.43. The molecule has 3 heteroatoms. The lowest BCUT2D eigenvalue weighted by atomic mass is 10.1. The summed E-state index contributed by atoms with van der Waals surface area (Å²) < 4.78 is 0. The minimum Gasteiger partial charge on any atom is -0.372 e. The van der Waals surface area contributed by atoms with Gasteiger partial charge in [0.15, 0.2) is 8.07 Å². The molecule has 0 spiro atoms. The van der Waals surface area contributed by atoms with Crippen LogP contribution in [0.3, 0.4) is 0 Å². The van der Waals surface area contributed by atoms with Crippen LogP contribution in [-0.2, 0) is 0 Å². The predicted molar refractivity (Wildman–Crippen MR) is 122 cm³/mol. The highest BCUT2D eigenvalue weighted by molar-refractivity contribution is 7.11. The van der Waals surface area contributed by atoms with Crippen molar-refractivity contribution in [2.75, 3.05) is 18.0 Å². The molecule has 140 valence electrons. The Labute approximate surface area is 167 Å². The molecule has 0 aromatic heterocycles. The molecule has 2 nitrogen and oxygen atoms in total. The molecule has 5 rings (SSSR count). The van der Waals surface area contributed by atoms with Gasteiger partial charge in [-0.15, -0.1) is 0 Å². The van der Waals surface area contributed by atoms with Crippen LogP contribution in [0, 0.1) is 0 Å². The third-order valence-corrected chi connectivity index (χ3v) is 10.9. The first kappa shape index (κ1) is 17.4. The summed E-state index contributed by atoms with van der Waals surface area (Å²) in [7, 11) is -2.14. The van der Waals surface area contributed by atoms with Crippen molar-refractivity contribution in [2.24, 2.45) is 4.99 Å². The summed E-state index contributed by atoms with van der Waals surface area (Å²) in [4.78, 5) is 7.60. The fraction of sp³-hybridized carbons (Fsp3) is 0.240. The molecular formula is C25H26N2Si. The fourth-order valence-electron chi connectivity index (χ4n) is 4.81. The number of benzene rings is 3. The van der Waals surface area contributed by atoms with E-state index in [-0.39, 0.29) is 0 Å². The Hall–Kier alpha value is -2.65. The Morgan fingerprint density at radius 3 is 2.43 bits per heavy atom. The second-order valence-electron chi connectivity index (χ2n) is 8.20. The van der Waals surface area contributed by atoms with E-state index in [1.807, 2.05) is 0 Å². The molecule has 1 saturated heterocycles. The minimum atomic E-state index is -2.14. The Balaban J connectivity index is 1.77. The summed E-state index contributed by atoms with van der Waals surface area (Å²) in [6.07, 6.45) is 3.94. The van der Waals surface area contributed by atoms with Crippen LogP contribution >= 0.6 is 0 Å². The van der Waals surface area contributed by atoms with Gasteiger partial charge < -0.3 is 4.90 Å². The Morgan fingerprint density at radius 1 is 0.857 bits per heavy atom. The number of piperidine rings is 1. The zero-order valence-electron chi connectivity index (χ0n) is 16.5. The highest BCUT2D eigenvalue weighted by Gasteiger charge is 2.39. The molecule has 0 saturated carbocycles. The largest absolute Gasteiger partial charge is 0.372 e. The number of rotatable bonds is 2. The molecule has 1 unspecified atom stereocenters. The van der Waals surface area contributed by atoms with Crippen molar-refractivity contribution in [3.63, 3.8) is 0 Å². The lowest BCUT2D eigenvalue weighted by molar-refractivity contribution is 0.578. The molecule has 0 aliphatic carbocycles. The van der Waals surface area contributed by atoms with Crippen molar-refractivity contribution in [3.05, 3.63) is 77.3 Å². The van der Waals surface area contributed by atoms with Gasteiger partial charge in [-0.05, 0) is 64.3 Å². The van der Waals surface area contributed by atoms with Crippen LogP contribution in [0.15, 0.2) is 71.7 Å². The topological polar surface area (TPSA) is 15.6 Å². The molecule has 3 aromatic carbocycles. The van der Waals surface area contributed by atoms with Crippen LogP contribution in [0.5, 0.6) is 0 Å². The van der Waals surface area contributed by atoms with Crippen molar-refractivity contribution in [2.45, 2.75) is 25.8 Å². The molecule has 0 radical (unpaired) electrons. The molecule has 0 bridgehead atoms. The van der Waals surface area contributed by atoms with Gasteiger partial charge in [0.1, 0.15) is 0 Å². The van der Waals surface area contributed by atoms with Gasteiger partial charge in [0.25, 0.3) is 0 Å². The second-order valence-corrected chi connectivity index (χ2v) is 12.1. The summed E-state index contributed by atoms with van der Waals surface area (Å²) in [6.45, 7) is 9.02. The van der Waals surface area contributed by atoms with E-state index < -0.39 is 8.07 Å². The van der Waals surface area contributed by atoms with Crippen molar-refractivity contribution in [1.29, 1.82) is 0 Å². The summed E-state index contributed by atoms with van der Waals surface area (Å²) in [5.74, 6) is 0. The summed E-state index contributed by atoms with van der Waals surface area (Å²) >= 11 is 0. The van der Waals surface area contributed by atoms with E-state index in [1.165, 1.54) is 53.6 Å². The SMILES string of the molecule is C=c1ccc2c(c1)[Si](C)(c1ccccc1)c1cc(N3CCCCC3)ccc1N=2. The van der Waals surface area contributed by atoms with Gasteiger partial charge >= 0.3 is 0 Å². The molecule has 3 aromatic rings. The number of hydrogen-bond acceptors (Lipinski definition) is 2. The summed E-state index contributed by atoms with van der Waals surface area (Å²) in [5.41, 5.74) is 2.50. The molecule has 1 fully saturated rings. The second kappa shape index (κ2) is 6.75. The molecule has 1 atom stereocenters. The van der Waals surface area contributed by atoms with Crippen molar-refractivity contribution in [1.82, 2.24) is 0 Å². The third kappa shape index (κ3) is 2.73. The van der Waals surface area contributed by atoms with Crippen molar-refractivity contribution < 1.29 is 0 Å².